The molecule has 0 unspecified atom stereocenters. The van der Waals surface area contributed by atoms with Gasteiger partial charge >= 0.3 is 0 Å². The molecule has 1 aliphatic heterocycles. The number of aromatic nitrogens is 1. The Balaban J connectivity index is 1.85. The summed E-state index contributed by atoms with van der Waals surface area (Å²) in [5, 5.41) is 24.5. The van der Waals surface area contributed by atoms with Gasteiger partial charge in [-0.3, -0.25) is 24.1 Å². The molecule has 3 rings (SSSR count). The molecule has 2 aromatic rings. The predicted octanol–water partition coefficient (Wildman–Crippen LogP) is 0.445. The van der Waals surface area contributed by atoms with Crippen LogP contribution in [0.1, 0.15) is 49.5 Å². The van der Waals surface area contributed by atoms with Crippen molar-refractivity contribution in [2.45, 2.75) is 58.5 Å². The van der Waals surface area contributed by atoms with Crippen molar-refractivity contribution in [2.75, 3.05) is 19.6 Å². The molecule has 12 heteroatoms. The highest BCUT2D eigenvalue weighted by atomic mass is 16.5. The van der Waals surface area contributed by atoms with Crippen LogP contribution in [0, 0.1) is 5.92 Å². The summed E-state index contributed by atoms with van der Waals surface area (Å²) in [4.78, 5) is 53.5. The molecule has 216 valence electrons. The number of nitrogens with zero attached hydrogens (tertiary/aromatic N) is 2. The second kappa shape index (κ2) is 14.4. The van der Waals surface area contributed by atoms with E-state index in [4.69, 9.17) is 4.52 Å². The number of hydrogen-bond acceptors (Lipinski definition) is 8. The van der Waals surface area contributed by atoms with Crippen molar-refractivity contribution in [3.05, 3.63) is 59.5 Å². The van der Waals surface area contributed by atoms with Crippen molar-refractivity contribution < 1.29 is 28.8 Å². The van der Waals surface area contributed by atoms with E-state index in [2.05, 4.69) is 26.4 Å². The minimum Gasteiger partial charge on any atom is -0.391 e. The van der Waals surface area contributed by atoms with Crippen LogP contribution in [-0.2, 0) is 20.9 Å². The highest BCUT2D eigenvalue weighted by molar-refractivity contribution is 5.97. The van der Waals surface area contributed by atoms with Gasteiger partial charge in [0.15, 0.2) is 11.5 Å². The third-order valence-corrected chi connectivity index (χ3v) is 6.42. The number of rotatable bonds is 5. The molecule has 0 saturated heterocycles. The Morgan fingerprint density at radius 3 is 2.42 bits per heavy atom. The summed E-state index contributed by atoms with van der Waals surface area (Å²) in [5.41, 5.74) is 0.977. The maximum atomic E-state index is 13.0. The minimum absolute atomic E-state index is 0.0618. The molecular formula is C28H38N6O6. The van der Waals surface area contributed by atoms with Crippen molar-refractivity contribution in [3.8, 4) is 0 Å². The van der Waals surface area contributed by atoms with E-state index in [0.717, 1.165) is 5.56 Å². The van der Waals surface area contributed by atoms with Crippen LogP contribution in [0.3, 0.4) is 0 Å². The summed E-state index contributed by atoms with van der Waals surface area (Å²) >= 11 is 0. The Bertz CT molecular complexity index is 1190. The van der Waals surface area contributed by atoms with Crippen LogP contribution in [0.25, 0.3) is 6.08 Å². The summed E-state index contributed by atoms with van der Waals surface area (Å²) in [6.45, 7) is 7.95. The Hall–Kier alpha value is -4.03. The SMILES string of the molecule is CC(C)[C@@H]1NC(=O)[C@H](C)NC(=O)[C@H]([C@@H](C)O)NC(=O)c2cc(on2)CN(CC=Cc2ccccc2)CCNC1=O. The predicted molar refractivity (Wildman–Crippen MR) is 148 cm³/mol. The first kappa shape index (κ1) is 30.5. The number of amides is 4. The molecule has 1 aromatic carbocycles. The molecule has 2 bridgehead atoms. The van der Waals surface area contributed by atoms with Gasteiger partial charge in [-0.25, -0.2) is 0 Å². The molecule has 12 nitrogen and oxygen atoms in total. The molecule has 0 radical (unpaired) electrons. The van der Waals surface area contributed by atoms with Crippen LogP contribution in [0.5, 0.6) is 0 Å². The van der Waals surface area contributed by atoms with Gasteiger partial charge < -0.3 is 30.9 Å². The van der Waals surface area contributed by atoms with Crippen molar-refractivity contribution in [1.82, 2.24) is 31.3 Å². The zero-order valence-corrected chi connectivity index (χ0v) is 23.2. The first-order valence-electron chi connectivity index (χ1n) is 13.3. The smallest absolute Gasteiger partial charge is 0.274 e. The van der Waals surface area contributed by atoms with E-state index < -0.39 is 42.0 Å². The number of fused-ring (bicyclic) bond motifs is 2. The lowest BCUT2D eigenvalue weighted by Crippen LogP contribution is -2.58. The summed E-state index contributed by atoms with van der Waals surface area (Å²) in [5.74, 6) is -2.22. The van der Waals surface area contributed by atoms with Crippen LogP contribution in [0.4, 0.5) is 0 Å². The van der Waals surface area contributed by atoms with Crippen LogP contribution < -0.4 is 21.3 Å². The molecule has 2 heterocycles. The molecule has 0 saturated carbocycles. The lowest BCUT2D eigenvalue weighted by Gasteiger charge is -2.26. The molecule has 4 atom stereocenters. The fraction of sp³-hybridized carbons (Fsp3) is 0.464. The number of nitrogens with one attached hydrogen (secondary N) is 4. The standard InChI is InChI=1S/C28H38N6O6/c1-17(2)23-27(38)29-12-14-34(13-8-11-20-9-6-5-7-10-20)16-21-15-22(33-40-21)26(37)32-24(19(4)35)28(39)30-18(3)25(36)31-23/h5-11,15,17-19,23-24,35H,12-14,16H2,1-4H3,(H,29,38)(H,30,39)(H,31,36)(H,32,37)/t18-,19+,23-,24-/m0/s1. The number of carbonyl (C=O) groups is 4. The zero-order valence-electron chi connectivity index (χ0n) is 23.2. The van der Waals surface area contributed by atoms with E-state index in [1.807, 2.05) is 47.4 Å². The Morgan fingerprint density at radius 2 is 1.75 bits per heavy atom. The molecule has 1 aliphatic rings. The van der Waals surface area contributed by atoms with Gasteiger partial charge in [-0.1, -0.05) is 61.5 Å². The maximum Gasteiger partial charge on any atom is 0.274 e. The largest absolute Gasteiger partial charge is 0.391 e. The zero-order chi connectivity index (χ0) is 29.2. The van der Waals surface area contributed by atoms with E-state index in [9.17, 15) is 24.3 Å². The van der Waals surface area contributed by atoms with Gasteiger partial charge in [0.2, 0.25) is 17.7 Å². The number of aliphatic hydroxyl groups is 1. The quantitative estimate of drug-likeness (QED) is 0.355. The van der Waals surface area contributed by atoms with Crippen molar-refractivity contribution >= 4 is 29.7 Å². The highest BCUT2D eigenvalue weighted by Crippen LogP contribution is 2.10. The second-order valence-electron chi connectivity index (χ2n) is 10.2. The van der Waals surface area contributed by atoms with E-state index in [0.29, 0.717) is 25.4 Å². The molecule has 0 spiro atoms. The van der Waals surface area contributed by atoms with Crippen LogP contribution >= 0.6 is 0 Å². The number of benzene rings is 1. The lowest BCUT2D eigenvalue weighted by molar-refractivity contribution is -0.133. The fourth-order valence-corrected chi connectivity index (χ4v) is 4.10. The van der Waals surface area contributed by atoms with Gasteiger partial charge in [-0.2, -0.15) is 0 Å². The Morgan fingerprint density at radius 1 is 1.02 bits per heavy atom. The van der Waals surface area contributed by atoms with Gasteiger partial charge in [-0.05, 0) is 25.3 Å². The summed E-state index contributed by atoms with van der Waals surface area (Å²) < 4.78 is 5.39. The Labute approximate surface area is 233 Å². The van der Waals surface area contributed by atoms with E-state index in [1.165, 1.54) is 19.9 Å². The normalized spacial score (nSPS) is 23.1. The molecule has 4 amide bonds. The molecule has 1 aromatic heterocycles. The third-order valence-electron chi connectivity index (χ3n) is 6.42. The average Bonchev–Trinajstić information content (AvgIpc) is 3.38. The number of carbonyl (C=O) groups excluding carboxylic acids is 4. The first-order chi connectivity index (χ1) is 19.0. The molecular weight excluding hydrogens is 516 g/mol. The summed E-state index contributed by atoms with van der Waals surface area (Å²) in [6.07, 6.45) is 2.70. The average molecular weight is 555 g/mol. The van der Waals surface area contributed by atoms with E-state index in [-0.39, 0.29) is 24.1 Å². The highest BCUT2D eigenvalue weighted by Gasteiger charge is 2.31. The fourth-order valence-electron chi connectivity index (χ4n) is 4.10. The maximum absolute atomic E-state index is 13.0. The molecule has 0 fully saturated rings. The topological polar surface area (TPSA) is 166 Å². The van der Waals surface area contributed by atoms with Crippen LogP contribution in [0.2, 0.25) is 0 Å². The molecule has 5 N–H and O–H groups in total. The van der Waals surface area contributed by atoms with Gasteiger partial charge in [-0.15, -0.1) is 0 Å². The van der Waals surface area contributed by atoms with Crippen molar-refractivity contribution in [1.29, 1.82) is 0 Å². The van der Waals surface area contributed by atoms with E-state index >= 15 is 0 Å². The summed E-state index contributed by atoms with van der Waals surface area (Å²) in [6, 6.07) is 8.05. The van der Waals surface area contributed by atoms with Crippen LogP contribution in [0.15, 0.2) is 47.0 Å². The van der Waals surface area contributed by atoms with Crippen molar-refractivity contribution in [3.63, 3.8) is 0 Å². The van der Waals surface area contributed by atoms with Crippen molar-refractivity contribution in [2.24, 2.45) is 5.92 Å². The van der Waals surface area contributed by atoms with Gasteiger partial charge in [0, 0.05) is 25.7 Å². The molecule has 0 aliphatic carbocycles. The second-order valence-corrected chi connectivity index (χ2v) is 10.2. The van der Waals surface area contributed by atoms with Gasteiger partial charge in [0.05, 0.1) is 12.6 Å². The van der Waals surface area contributed by atoms with E-state index in [1.54, 1.807) is 13.8 Å². The number of hydrogen-bond donors (Lipinski definition) is 5. The molecule has 40 heavy (non-hydrogen) atoms. The van der Waals surface area contributed by atoms with Crippen LogP contribution in [-0.4, -0.2) is 82.7 Å². The minimum atomic E-state index is -1.36. The first-order valence-corrected chi connectivity index (χ1v) is 13.3. The third kappa shape index (κ3) is 8.75. The van der Waals surface area contributed by atoms with Gasteiger partial charge in [0.25, 0.3) is 5.91 Å². The lowest BCUT2D eigenvalue weighted by atomic mass is 10.0. The Kier molecular flexibility index (Phi) is 11.0. The number of aliphatic hydroxyl groups excluding tert-OH is 1. The summed E-state index contributed by atoms with van der Waals surface area (Å²) in [7, 11) is 0. The van der Waals surface area contributed by atoms with Gasteiger partial charge in [0.1, 0.15) is 18.1 Å². The monoisotopic (exact) mass is 554 g/mol.